The van der Waals surface area contributed by atoms with Gasteiger partial charge in [0.1, 0.15) is 0 Å². The molecule has 0 radical (unpaired) electrons. The minimum Gasteiger partial charge on any atom is -0.387 e. The number of nitrogens with one attached hydrogen (secondary N) is 1. The number of aliphatic hydroxyl groups excluding tert-OH is 1. The number of nitrogens with zero attached hydrogens (tertiary/aromatic N) is 1. The molecule has 2 N–H and O–H groups in total. The first-order valence-electron chi connectivity index (χ1n) is 9.00. The molecule has 0 aromatic heterocycles. The standard InChI is InChI=1S/C23H19ClN2O2S/c24-19-5-2-4-18(13-19)22(27)15-26-23(28)12-16-7-9-20(10-8-16)29-21-6-1-3-17(11-21)14-25/h1-11,13,22,27H,12,15H2,(H,26,28)/t22-/m1/s1. The third kappa shape index (κ3) is 6.37. The Labute approximate surface area is 179 Å². The monoisotopic (exact) mass is 422 g/mol. The van der Waals surface area contributed by atoms with E-state index in [0.29, 0.717) is 16.1 Å². The van der Waals surface area contributed by atoms with Crippen molar-refractivity contribution in [3.63, 3.8) is 0 Å². The van der Waals surface area contributed by atoms with E-state index in [9.17, 15) is 9.90 Å². The molecule has 3 rings (SSSR count). The maximum Gasteiger partial charge on any atom is 0.224 e. The molecule has 6 heteroatoms. The van der Waals surface area contributed by atoms with Gasteiger partial charge in [0, 0.05) is 21.4 Å². The van der Waals surface area contributed by atoms with Crippen LogP contribution in [0.2, 0.25) is 5.02 Å². The lowest BCUT2D eigenvalue weighted by Crippen LogP contribution is -2.29. The van der Waals surface area contributed by atoms with Gasteiger partial charge in [0.05, 0.1) is 24.2 Å². The first-order chi connectivity index (χ1) is 14.0. The number of nitriles is 1. The molecule has 3 aromatic rings. The van der Waals surface area contributed by atoms with Gasteiger partial charge in [0.25, 0.3) is 0 Å². The number of amides is 1. The maximum atomic E-state index is 12.2. The Kier molecular flexibility index (Phi) is 7.31. The molecule has 3 aromatic carbocycles. The van der Waals surface area contributed by atoms with Gasteiger partial charge in [-0.1, -0.05) is 53.7 Å². The second-order valence-corrected chi connectivity index (χ2v) is 8.02. The minimum absolute atomic E-state index is 0.127. The van der Waals surface area contributed by atoms with Crippen LogP contribution < -0.4 is 5.32 Å². The van der Waals surface area contributed by atoms with Crippen molar-refractivity contribution in [1.82, 2.24) is 5.32 Å². The van der Waals surface area contributed by atoms with Gasteiger partial charge in [0.2, 0.25) is 5.91 Å². The summed E-state index contributed by atoms with van der Waals surface area (Å²) < 4.78 is 0. The molecule has 0 heterocycles. The average Bonchev–Trinajstić information content (AvgIpc) is 2.73. The van der Waals surface area contributed by atoms with E-state index in [1.54, 1.807) is 42.1 Å². The smallest absolute Gasteiger partial charge is 0.224 e. The molecule has 4 nitrogen and oxygen atoms in total. The summed E-state index contributed by atoms with van der Waals surface area (Å²) in [4.78, 5) is 14.2. The van der Waals surface area contributed by atoms with E-state index in [1.807, 2.05) is 42.5 Å². The Balaban J connectivity index is 1.51. The zero-order chi connectivity index (χ0) is 20.6. The van der Waals surface area contributed by atoms with E-state index in [0.717, 1.165) is 15.4 Å². The summed E-state index contributed by atoms with van der Waals surface area (Å²) in [5, 5.41) is 22.5. The van der Waals surface area contributed by atoms with Crippen LogP contribution >= 0.6 is 23.4 Å². The van der Waals surface area contributed by atoms with Gasteiger partial charge in [0.15, 0.2) is 0 Å². The number of hydrogen-bond acceptors (Lipinski definition) is 4. The average molecular weight is 423 g/mol. The summed E-state index contributed by atoms with van der Waals surface area (Å²) in [7, 11) is 0. The molecule has 1 atom stereocenters. The van der Waals surface area contributed by atoms with Gasteiger partial charge in [-0.05, 0) is 53.6 Å². The molecule has 1 amide bonds. The van der Waals surface area contributed by atoms with E-state index >= 15 is 0 Å². The summed E-state index contributed by atoms with van der Waals surface area (Å²) in [6.45, 7) is 0.127. The summed E-state index contributed by atoms with van der Waals surface area (Å²) in [5.74, 6) is -0.159. The van der Waals surface area contributed by atoms with Gasteiger partial charge in [-0.25, -0.2) is 0 Å². The molecule has 0 spiro atoms. The Bertz CT molecular complexity index is 1030. The number of carbonyl (C=O) groups is 1. The van der Waals surface area contributed by atoms with Crippen LogP contribution in [-0.4, -0.2) is 17.6 Å². The van der Waals surface area contributed by atoms with Crippen LogP contribution in [0.1, 0.15) is 22.8 Å². The highest BCUT2D eigenvalue weighted by atomic mass is 35.5. The zero-order valence-electron chi connectivity index (χ0n) is 15.5. The molecule has 0 fully saturated rings. The molecule has 0 bridgehead atoms. The lowest BCUT2D eigenvalue weighted by atomic mass is 10.1. The van der Waals surface area contributed by atoms with Crippen LogP contribution in [0.25, 0.3) is 0 Å². The Hall–Kier alpha value is -2.78. The lowest BCUT2D eigenvalue weighted by molar-refractivity contribution is -0.120. The molecule has 0 unspecified atom stereocenters. The van der Waals surface area contributed by atoms with Gasteiger partial charge >= 0.3 is 0 Å². The summed E-state index contributed by atoms with van der Waals surface area (Å²) in [5.41, 5.74) is 2.18. The van der Waals surface area contributed by atoms with Crippen molar-refractivity contribution in [2.24, 2.45) is 0 Å². The normalized spacial score (nSPS) is 11.5. The molecule has 146 valence electrons. The van der Waals surface area contributed by atoms with Crippen LogP contribution in [-0.2, 0) is 11.2 Å². The van der Waals surface area contributed by atoms with Crippen LogP contribution in [0.5, 0.6) is 0 Å². The van der Waals surface area contributed by atoms with Crippen LogP contribution in [0.15, 0.2) is 82.6 Å². The molecular formula is C23H19ClN2O2S. The second-order valence-electron chi connectivity index (χ2n) is 6.44. The van der Waals surface area contributed by atoms with Crippen LogP contribution in [0, 0.1) is 11.3 Å². The molecule has 0 aliphatic heterocycles. The minimum atomic E-state index is -0.805. The molecule has 29 heavy (non-hydrogen) atoms. The summed E-state index contributed by atoms with van der Waals surface area (Å²) in [6, 6.07) is 24.2. The van der Waals surface area contributed by atoms with Gasteiger partial charge in [-0.15, -0.1) is 0 Å². The van der Waals surface area contributed by atoms with Crippen LogP contribution in [0.4, 0.5) is 0 Å². The topological polar surface area (TPSA) is 73.1 Å². The van der Waals surface area contributed by atoms with Gasteiger partial charge in [-0.2, -0.15) is 5.26 Å². The number of rotatable bonds is 7. The number of aliphatic hydroxyl groups is 1. The predicted octanol–water partition coefficient (Wildman–Crippen LogP) is 4.76. The Morgan fingerprint density at radius 3 is 2.55 bits per heavy atom. The highest BCUT2D eigenvalue weighted by Gasteiger charge is 2.10. The second kappa shape index (κ2) is 10.1. The van der Waals surface area contributed by atoms with Gasteiger partial charge < -0.3 is 10.4 Å². The molecule has 0 aliphatic carbocycles. The Morgan fingerprint density at radius 2 is 1.83 bits per heavy atom. The van der Waals surface area contributed by atoms with Gasteiger partial charge in [-0.3, -0.25) is 4.79 Å². The maximum absolute atomic E-state index is 12.2. The third-order valence-corrected chi connectivity index (χ3v) is 5.45. The lowest BCUT2D eigenvalue weighted by Gasteiger charge is -2.12. The van der Waals surface area contributed by atoms with E-state index in [1.165, 1.54) is 0 Å². The number of carbonyl (C=O) groups excluding carboxylic acids is 1. The largest absolute Gasteiger partial charge is 0.387 e. The first kappa shape index (κ1) is 20.9. The predicted molar refractivity (Wildman–Crippen MR) is 115 cm³/mol. The third-order valence-electron chi connectivity index (χ3n) is 4.21. The molecular weight excluding hydrogens is 404 g/mol. The van der Waals surface area contributed by atoms with E-state index in [4.69, 9.17) is 16.9 Å². The quantitative estimate of drug-likeness (QED) is 0.576. The zero-order valence-corrected chi connectivity index (χ0v) is 17.1. The Morgan fingerprint density at radius 1 is 1.07 bits per heavy atom. The van der Waals surface area contributed by atoms with Crippen molar-refractivity contribution in [2.45, 2.75) is 22.3 Å². The highest BCUT2D eigenvalue weighted by Crippen LogP contribution is 2.28. The molecule has 0 saturated heterocycles. The highest BCUT2D eigenvalue weighted by molar-refractivity contribution is 7.99. The number of halogens is 1. The summed E-state index contributed by atoms with van der Waals surface area (Å²) >= 11 is 7.49. The van der Waals surface area contributed by atoms with Crippen LogP contribution in [0.3, 0.4) is 0 Å². The van der Waals surface area contributed by atoms with Crippen molar-refractivity contribution >= 4 is 29.3 Å². The van der Waals surface area contributed by atoms with Crippen molar-refractivity contribution in [3.8, 4) is 6.07 Å². The summed E-state index contributed by atoms with van der Waals surface area (Å²) in [6.07, 6.45) is -0.572. The SMILES string of the molecule is N#Cc1cccc(Sc2ccc(CC(=O)NC[C@@H](O)c3cccc(Cl)c3)cc2)c1. The fourth-order valence-corrected chi connectivity index (χ4v) is 3.81. The fraction of sp³-hybridized carbons (Fsp3) is 0.130. The fourth-order valence-electron chi connectivity index (χ4n) is 2.73. The van der Waals surface area contributed by atoms with E-state index < -0.39 is 6.10 Å². The van der Waals surface area contributed by atoms with Crippen molar-refractivity contribution in [1.29, 1.82) is 5.26 Å². The first-order valence-corrected chi connectivity index (χ1v) is 10.2. The van der Waals surface area contributed by atoms with E-state index in [-0.39, 0.29) is 18.9 Å². The van der Waals surface area contributed by atoms with Crippen molar-refractivity contribution in [2.75, 3.05) is 6.54 Å². The van der Waals surface area contributed by atoms with Crippen molar-refractivity contribution < 1.29 is 9.90 Å². The molecule has 0 aliphatic rings. The molecule has 0 saturated carbocycles. The van der Waals surface area contributed by atoms with Crippen molar-refractivity contribution in [3.05, 3.63) is 94.5 Å². The number of hydrogen-bond donors (Lipinski definition) is 2. The van der Waals surface area contributed by atoms with E-state index in [2.05, 4.69) is 11.4 Å². The number of benzene rings is 3.